The van der Waals surface area contributed by atoms with Gasteiger partial charge in [-0.25, -0.2) is 0 Å². The molecule has 0 aromatic carbocycles. The van der Waals surface area contributed by atoms with Crippen molar-refractivity contribution in [2.24, 2.45) is 0 Å². The molecule has 16 heavy (non-hydrogen) atoms. The monoisotopic (exact) mass is 254 g/mol. The van der Waals surface area contributed by atoms with Gasteiger partial charge in [-0.15, -0.1) is 11.6 Å². The Hall–Kier alpha value is -1.32. The smallest absolute Gasteiger partial charge is 0.147 e. The van der Waals surface area contributed by atoms with Crippen molar-refractivity contribution in [3.63, 3.8) is 0 Å². The Labute approximate surface area is 103 Å². The molecular weight excluding hydrogens is 247 g/mol. The predicted molar refractivity (Wildman–Crippen MR) is 63.1 cm³/mol. The van der Waals surface area contributed by atoms with Gasteiger partial charge >= 0.3 is 0 Å². The Balaban J connectivity index is 2.26. The van der Waals surface area contributed by atoms with Crippen LogP contribution in [0.4, 0.5) is 0 Å². The molecule has 82 valence electrons. The summed E-state index contributed by atoms with van der Waals surface area (Å²) in [5, 5.41) is 0.527. The second-order valence-electron chi connectivity index (χ2n) is 3.06. The number of aromatic nitrogens is 2. The summed E-state index contributed by atoms with van der Waals surface area (Å²) >= 11 is 11.6. The van der Waals surface area contributed by atoms with Gasteiger partial charge in [-0.2, -0.15) is 0 Å². The van der Waals surface area contributed by atoms with E-state index in [-0.39, 0.29) is 0 Å². The molecule has 2 rings (SSSR count). The molecule has 0 unspecified atom stereocenters. The van der Waals surface area contributed by atoms with E-state index in [0.717, 1.165) is 5.56 Å². The van der Waals surface area contributed by atoms with Gasteiger partial charge in [0, 0.05) is 30.2 Å². The van der Waals surface area contributed by atoms with Crippen molar-refractivity contribution in [1.82, 2.24) is 9.97 Å². The number of halogens is 2. The van der Waals surface area contributed by atoms with Gasteiger partial charge in [0.25, 0.3) is 0 Å². The van der Waals surface area contributed by atoms with Crippen molar-refractivity contribution in [2.45, 2.75) is 5.88 Å². The molecule has 3 nitrogen and oxygen atoms in total. The highest BCUT2D eigenvalue weighted by Gasteiger charge is 2.04. The summed E-state index contributed by atoms with van der Waals surface area (Å²) in [6.07, 6.45) is 6.44. The normalized spacial score (nSPS) is 10.1. The van der Waals surface area contributed by atoms with E-state index in [1.54, 1.807) is 36.9 Å². The Bertz CT molecular complexity index is 491. The molecule has 0 amide bonds. The zero-order chi connectivity index (χ0) is 11.4. The molecule has 2 aromatic rings. The summed E-state index contributed by atoms with van der Waals surface area (Å²) < 4.78 is 5.61. The Morgan fingerprint density at radius 1 is 1.19 bits per heavy atom. The Kier molecular flexibility index (Phi) is 3.59. The van der Waals surface area contributed by atoms with Gasteiger partial charge < -0.3 is 4.74 Å². The van der Waals surface area contributed by atoms with E-state index in [9.17, 15) is 0 Å². The SMILES string of the molecule is ClCc1cnccc1Oc1cncc(Cl)c1. The molecule has 0 aliphatic rings. The summed E-state index contributed by atoms with van der Waals surface area (Å²) in [5.41, 5.74) is 0.823. The highest BCUT2D eigenvalue weighted by atomic mass is 35.5. The van der Waals surface area contributed by atoms with Crippen molar-refractivity contribution in [1.29, 1.82) is 0 Å². The largest absolute Gasteiger partial charge is 0.455 e. The number of alkyl halides is 1. The van der Waals surface area contributed by atoms with E-state index in [0.29, 0.717) is 22.4 Å². The molecule has 0 saturated heterocycles. The highest BCUT2D eigenvalue weighted by molar-refractivity contribution is 6.30. The first-order valence-corrected chi connectivity index (χ1v) is 5.48. The maximum atomic E-state index is 5.80. The second-order valence-corrected chi connectivity index (χ2v) is 3.76. The first kappa shape index (κ1) is 11.2. The van der Waals surface area contributed by atoms with E-state index < -0.39 is 0 Å². The van der Waals surface area contributed by atoms with Crippen LogP contribution < -0.4 is 4.74 Å². The first-order chi connectivity index (χ1) is 7.79. The average Bonchev–Trinajstić information content (AvgIpc) is 2.30. The maximum Gasteiger partial charge on any atom is 0.147 e. The molecular formula is C11H8Cl2N2O. The third kappa shape index (κ3) is 2.62. The minimum Gasteiger partial charge on any atom is -0.455 e. The molecule has 0 aliphatic heterocycles. The van der Waals surface area contributed by atoms with Gasteiger partial charge in [0.05, 0.1) is 17.1 Å². The number of hydrogen-bond donors (Lipinski definition) is 0. The van der Waals surface area contributed by atoms with E-state index in [1.807, 2.05) is 0 Å². The van der Waals surface area contributed by atoms with E-state index in [4.69, 9.17) is 27.9 Å². The third-order valence-electron chi connectivity index (χ3n) is 1.91. The van der Waals surface area contributed by atoms with Crippen molar-refractivity contribution >= 4 is 23.2 Å². The van der Waals surface area contributed by atoms with Crippen LogP contribution in [0.25, 0.3) is 0 Å². The van der Waals surface area contributed by atoms with Gasteiger partial charge in [0.15, 0.2) is 0 Å². The molecule has 2 heterocycles. The standard InChI is InChI=1S/C11H8Cl2N2O/c12-4-8-5-14-2-1-11(8)16-10-3-9(13)6-15-7-10/h1-3,5-7H,4H2. The van der Waals surface area contributed by atoms with Crippen LogP contribution in [0.1, 0.15) is 5.56 Å². The topological polar surface area (TPSA) is 35.0 Å². The lowest BCUT2D eigenvalue weighted by atomic mass is 10.3. The lowest BCUT2D eigenvalue weighted by molar-refractivity contribution is 0.475. The van der Waals surface area contributed by atoms with Crippen LogP contribution in [-0.2, 0) is 5.88 Å². The quantitative estimate of drug-likeness (QED) is 0.785. The van der Waals surface area contributed by atoms with E-state index in [2.05, 4.69) is 9.97 Å². The number of pyridine rings is 2. The molecule has 5 heteroatoms. The van der Waals surface area contributed by atoms with Crippen molar-refractivity contribution in [2.75, 3.05) is 0 Å². The summed E-state index contributed by atoms with van der Waals surface area (Å²) in [7, 11) is 0. The maximum absolute atomic E-state index is 5.80. The molecule has 0 spiro atoms. The Morgan fingerprint density at radius 3 is 2.81 bits per heavy atom. The van der Waals surface area contributed by atoms with E-state index >= 15 is 0 Å². The lowest BCUT2D eigenvalue weighted by Gasteiger charge is -2.08. The van der Waals surface area contributed by atoms with Crippen molar-refractivity contribution in [3.05, 3.63) is 47.5 Å². The van der Waals surface area contributed by atoms with Crippen molar-refractivity contribution in [3.8, 4) is 11.5 Å². The average molecular weight is 255 g/mol. The third-order valence-corrected chi connectivity index (χ3v) is 2.41. The van der Waals surface area contributed by atoms with Crippen molar-refractivity contribution < 1.29 is 4.74 Å². The number of ether oxygens (including phenoxy) is 1. The van der Waals surface area contributed by atoms with Gasteiger partial charge in [0.2, 0.25) is 0 Å². The van der Waals surface area contributed by atoms with Gasteiger partial charge in [-0.3, -0.25) is 9.97 Å². The molecule has 0 fully saturated rings. The summed E-state index contributed by atoms with van der Waals surface area (Å²) in [4.78, 5) is 7.90. The number of nitrogens with zero attached hydrogens (tertiary/aromatic N) is 2. The van der Waals surface area contributed by atoms with Gasteiger partial charge in [-0.1, -0.05) is 11.6 Å². The highest BCUT2D eigenvalue weighted by Crippen LogP contribution is 2.26. The van der Waals surface area contributed by atoms with E-state index in [1.165, 1.54) is 0 Å². The number of rotatable bonds is 3. The zero-order valence-electron chi connectivity index (χ0n) is 8.23. The van der Waals surface area contributed by atoms with Crippen LogP contribution in [0.3, 0.4) is 0 Å². The summed E-state index contributed by atoms with van der Waals surface area (Å²) in [6.45, 7) is 0. The Morgan fingerprint density at radius 2 is 2.06 bits per heavy atom. The predicted octanol–water partition coefficient (Wildman–Crippen LogP) is 3.66. The minimum absolute atomic E-state index is 0.344. The minimum atomic E-state index is 0.344. The van der Waals surface area contributed by atoms with Crippen LogP contribution in [-0.4, -0.2) is 9.97 Å². The summed E-state index contributed by atoms with van der Waals surface area (Å²) in [6, 6.07) is 3.44. The van der Waals surface area contributed by atoms with Crippen LogP contribution in [0, 0.1) is 0 Å². The molecule has 0 bridgehead atoms. The zero-order valence-corrected chi connectivity index (χ0v) is 9.74. The fraction of sp³-hybridized carbons (Fsp3) is 0.0909. The van der Waals surface area contributed by atoms with Crippen LogP contribution >= 0.6 is 23.2 Å². The molecule has 0 aliphatic carbocycles. The molecule has 2 aromatic heterocycles. The van der Waals surface area contributed by atoms with Crippen LogP contribution in [0.2, 0.25) is 5.02 Å². The fourth-order valence-corrected chi connectivity index (χ4v) is 1.55. The van der Waals surface area contributed by atoms with Crippen LogP contribution in [0.5, 0.6) is 11.5 Å². The molecule has 0 saturated carbocycles. The lowest BCUT2D eigenvalue weighted by Crippen LogP contribution is -1.91. The molecule has 0 atom stereocenters. The van der Waals surface area contributed by atoms with Gasteiger partial charge in [0.1, 0.15) is 11.5 Å². The summed E-state index contributed by atoms with van der Waals surface area (Å²) in [5.74, 6) is 1.58. The molecule has 0 N–H and O–H groups in total. The number of hydrogen-bond acceptors (Lipinski definition) is 3. The molecule has 0 radical (unpaired) electrons. The second kappa shape index (κ2) is 5.14. The van der Waals surface area contributed by atoms with Gasteiger partial charge in [-0.05, 0) is 6.07 Å². The fourth-order valence-electron chi connectivity index (χ4n) is 1.19. The van der Waals surface area contributed by atoms with Crippen LogP contribution in [0.15, 0.2) is 36.9 Å². The first-order valence-electron chi connectivity index (χ1n) is 4.57.